The van der Waals surface area contributed by atoms with E-state index in [1.165, 1.54) is 77.0 Å². The molecule has 3 saturated carbocycles. The van der Waals surface area contributed by atoms with Crippen molar-refractivity contribution in [1.82, 2.24) is 0 Å². The zero-order valence-electron chi connectivity index (χ0n) is 19.0. The van der Waals surface area contributed by atoms with Crippen molar-refractivity contribution in [3.05, 3.63) is 11.6 Å². The van der Waals surface area contributed by atoms with Crippen LogP contribution < -0.4 is 0 Å². The molecule has 0 aliphatic heterocycles. The van der Waals surface area contributed by atoms with Crippen LogP contribution in [0.5, 0.6) is 0 Å². The zero-order chi connectivity index (χ0) is 19.2. The zero-order valence-corrected chi connectivity index (χ0v) is 19.0. The van der Waals surface area contributed by atoms with E-state index in [9.17, 15) is 0 Å². The van der Waals surface area contributed by atoms with E-state index in [0.29, 0.717) is 10.8 Å². The summed E-state index contributed by atoms with van der Waals surface area (Å²) in [6, 6.07) is 0. The van der Waals surface area contributed by atoms with Crippen molar-refractivity contribution in [2.45, 2.75) is 119 Å². The Bertz CT molecular complexity index is 556. The fourth-order valence-corrected chi connectivity index (χ4v) is 8.72. The van der Waals surface area contributed by atoms with Crippen molar-refractivity contribution in [3.63, 3.8) is 0 Å². The van der Waals surface area contributed by atoms with Crippen LogP contribution in [0.3, 0.4) is 0 Å². The highest BCUT2D eigenvalue weighted by Gasteiger charge is 2.58. The van der Waals surface area contributed by atoms with E-state index in [1.807, 2.05) is 5.57 Å². The minimum Gasteiger partial charge on any atom is -0.0845 e. The van der Waals surface area contributed by atoms with Crippen molar-refractivity contribution in [3.8, 4) is 0 Å². The molecule has 0 aromatic carbocycles. The van der Waals surface area contributed by atoms with Crippen LogP contribution in [0.1, 0.15) is 119 Å². The molecular formula is C28H50. The molecule has 4 aliphatic rings. The van der Waals surface area contributed by atoms with Crippen molar-refractivity contribution in [1.29, 1.82) is 0 Å². The summed E-state index contributed by atoms with van der Waals surface area (Å²) >= 11 is 0. The molecule has 3 fully saturated rings. The second-order valence-electron chi connectivity index (χ2n) is 12.0. The lowest BCUT2D eigenvalue weighted by Gasteiger charge is -2.58. The molecule has 28 heavy (non-hydrogen) atoms. The van der Waals surface area contributed by atoms with E-state index in [0.717, 1.165) is 35.5 Å². The van der Waals surface area contributed by atoms with Crippen LogP contribution in [-0.2, 0) is 0 Å². The summed E-state index contributed by atoms with van der Waals surface area (Å²) < 4.78 is 0. The van der Waals surface area contributed by atoms with E-state index in [1.54, 1.807) is 0 Å². The summed E-state index contributed by atoms with van der Waals surface area (Å²) in [7, 11) is 0. The molecule has 0 bridgehead atoms. The number of allylic oxidation sites excluding steroid dienone is 2. The molecule has 0 N–H and O–H groups in total. The number of hydrogen-bond donors (Lipinski definition) is 0. The van der Waals surface area contributed by atoms with Crippen molar-refractivity contribution in [2.75, 3.05) is 0 Å². The Morgan fingerprint density at radius 1 is 0.964 bits per heavy atom. The summed E-state index contributed by atoms with van der Waals surface area (Å²) in [6.45, 7) is 12.8. The maximum Gasteiger partial charge on any atom is -0.00853 e. The fourth-order valence-electron chi connectivity index (χ4n) is 8.72. The van der Waals surface area contributed by atoms with Crippen LogP contribution in [0.2, 0.25) is 0 Å². The molecule has 4 aliphatic carbocycles. The molecule has 0 nitrogen and oxygen atoms in total. The van der Waals surface area contributed by atoms with E-state index >= 15 is 0 Å². The molecule has 0 radical (unpaired) electrons. The van der Waals surface area contributed by atoms with Gasteiger partial charge in [0.05, 0.1) is 0 Å². The Hall–Kier alpha value is -0.260. The average Bonchev–Trinajstić information content (AvgIpc) is 2.98. The molecule has 0 heterocycles. The normalized spacial score (nSPS) is 43.4. The predicted octanol–water partition coefficient (Wildman–Crippen LogP) is 9.05. The van der Waals surface area contributed by atoms with Gasteiger partial charge in [0.25, 0.3) is 0 Å². The van der Waals surface area contributed by atoms with Gasteiger partial charge in [-0.15, -0.1) is 0 Å². The van der Waals surface area contributed by atoms with Crippen LogP contribution in [0, 0.1) is 46.3 Å². The third-order valence-electron chi connectivity index (χ3n) is 10.2. The highest BCUT2D eigenvalue weighted by Crippen LogP contribution is 2.67. The lowest BCUT2D eigenvalue weighted by atomic mass is 9.47. The smallest absolute Gasteiger partial charge is 0.00853 e. The summed E-state index contributed by atoms with van der Waals surface area (Å²) in [6.07, 6.45) is 20.5. The third kappa shape index (κ3) is 3.65. The maximum absolute atomic E-state index is 2.74. The van der Waals surface area contributed by atoms with Crippen LogP contribution in [0.25, 0.3) is 0 Å². The molecule has 0 aromatic heterocycles. The topological polar surface area (TPSA) is 0 Å². The first kappa shape index (κ1) is 22.4. The van der Waals surface area contributed by atoms with Gasteiger partial charge in [-0.25, -0.2) is 0 Å². The first-order valence-electron chi connectivity index (χ1n) is 12.6. The molecule has 0 amide bonds. The van der Waals surface area contributed by atoms with E-state index in [2.05, 4.69) is 40.7 Å². The van der Waals surface area contributed by atoms with Gasteiger partial charge < -0.3 is 0 Å². The molecule has 7 atom stereocenters. The number of fused-ring (bicyclic) bond motifs is 5. The van der Waals surface area contributed by atoms with Gasteiger partial charge in [0, 0.05) is 0 Å². The molecule has 162 valence electrons. The maximum atomic E-state index is 2.74. The highest BCUT2D eigenvalue weighted by molar-refractivity contribution is 5.24. The van der Waals surface area contributed by atoms with Crippen LogP contribution in [0.15, 0.2) is 11.6 Å². The minimum absolute atomic E-state index is 0. The molecule has 0 saturated heterocycles. The molecule has 6 unspecified atom stereocenters. The average molecular weight is 387 g/mol. The highest BCUT2D eigenvalue weighted by atomic mass is 14.6. The molecule has 4 rings (SSSR count). The Morgan fingerprint density at radius 3 is 2.50 bits per heavy atom. The van der Waals surface area contributed by atoms with Gasteiger partial charge in [0.1, 0.15) is 0 Å². The van der Waals surface area contributed by atoms with Gasteiger partial charge in [-0.1, -0.05) is 79.4 Å². The van der Waals surface area contributed by atoms with Crippen molar-refractivity contribution in [2.24, 2.45) is 46.3 Å². The van der Waals surface area contributed by atoms with Gasteiger partial charge in [-0.3, -0.25) is 0 Å². The monoisotopic (exact) mass is 386 g/mol. The van der Waals surface area contributed by atoms with Crippen LogP contribution in [0.4, 0.5) is 0 Å². The largest absolute Gasteiger partial charge is 0.0845 e. The van der Waals surface area contributed by atoms with Gasteiger partial charge in [-0.2, -0.15) is 0 Å². The first-order chi connectivity index (χ1) is 12.9. The standard InChI is InChI=1S/C27H46.CH4/c1-19(2)9-8-10-20(3)23-14-15-24-22-13-12-21-11-6-7-17-26(21,4)25(22)16-18-27(23,24)5;/h12,19-20,22-25H,6-11,13-18H2,1-5H3;1H4/t20-,22?,23?,24?,25?,26?,27?;/m1./s1. The third-order valence-corrected chi connectivity index (χ3v) is 10.2. The number of hydrogen-bond acceptors (Lipinski definition) is 0. The Morgan fingerprint density at radius 2 is 1.75 bits per heavy atom. The van der Waals surface area contributed by atoms with Crippen LogP contribution >= 0.6 is 0 Å². The van der Waals surface area contributed by atoms with E-state index in [4.69, 9.17) is 0 Å². The molecule has 0 spiro atoms. The Kier molecular flexibility index (Phi) is 6.78. The molecule has 0 heteroatoms. The van der Waals surface area contributed by atoms with Crippen LogP contribution in [-0.4, -0.2) is 0 Å². The lowest BCUT2D eigenvalue weighted by Crippen LogP contribution is -2.50. The van der Waals surface area contributed by atoms with E-state index in [-0.39, 0.29) is 7.43 Å². The summed E-state index contributed by atoms with van der Waals surface area (Å²) in [4.78, 5) is 0. The van der Waals surface area contributed by atoms with Gasteiger partial charge in [0.2, 0.25) is 0 Å². The number of rotatable bonds is 5. The molecule has 0 aromatic rings. The SMILES string of the molecule is C.CC(C)CCC[C@@H](C)C1CCC2C3CC=C4CCCCC4(C)C3CCC21C. The second kappa shape index (κ2) is 8.47. The van der Waals surface area contributed by atoms with Gasteiger partial charge in [-0.05, 0) is 97.7 Å². The Balaban J connectivity index is 0.00000225. The summed E-state index contributed by atoms with van der Waals surface area (Å²) in [5.74, 6) is 5.84. The predicted molar refractivity (Wildman–Crippen MR) is 124 cm³/mol. The lowest BCUT2D eigenvalue weighted by molar-refractivity contribution is -0.0500. The fraction of sp³-hybridized carbons (Fsp3) is 0.929. The first-order valence-corrected chi connectivity index (χ1v) is 12.6. The summed E-state index contributed by atoms with van der Waals surface area (Å²) in [5, 5.41) is 0. The van der Waals surface area contributed by atoms with Gasteiger partial charge >= 0.3 is 0 Å². The minimum atomic E-state index is 0. The molecular weight excluding hydrogens is 336 g/mol. The second-order valence-corrected chi connectivity index (χ2v) is 12.0. The van der Waals surface area contributed by atoms with E-state index < -0.39 is 0 Å². The van der Waals surface area contributed by atoms with Gasteiger partial charge in [0.15, 0.2) is 0 Å². The van der Waals surface area contributed by atoms with Crippen molar-refractivity contribution >= 4 is 0 Å². The van der Waals surface area contributed by atoms with Crippen molar-refractivity contribution < 1.29 is 0 Å². The quantitative estimate of drug-likeness (QED) is 0.413. The summed E-state index contributed by atoms with van der Waals surface area (Å²) in [5.41, 5.74) is 3.09. The Labute approximate surface area is 177 Å².